The molecule has 3 rings (SSSR count). The van der Waals surface area contributed by atoms with E-state index < -0.39 is 23.0 Å². The van der Waals surface area contributed by atoms with Crippen molar-refractivity contribution in [2.75, 3.05) is 0 Å². The summed E-state index contributed by atoms with van der Waals surface area (Å²) in [6.45, 7) is 5.53. The number of hydrogen-bond acceptors (Lipinski definition) is 4. The Morgan fingerprint density at radius 2 is 2.17 bits per heavy atom. The zero-order chi connectivity index (χ0) is 13.3. The summed E-state index contributed by atoms with van der Waals surface area (Å²) in [6.07, 6.45) is 1.04. The molecule has 1 heterocycles. The number of carbonyl (C=O) groups excluding carboxylic acids is 2. The first-order valence-corrected chi connectivity index (χ1v) is 6.73. The van der Waals surface area contributed by atoms with Gasteiger partial charge in [0.25, 0.3) is 0 Å². The quantitative estimate of drug-likeness (QED) is 0.560. The van der Waals surface area contributed by atoms with Gasteiger partial charge >= 0.3 is 0 Å². The fourth-order valence-corrected chi connectivity index (χ4v) is 4.60. The van der Waals surface area contributed by atoms with Crippen LogP contribution in [0.2, 0.25) is 0 Å². The molecule has 1 spiro atoms. The Morgan fingerprint density at radius 1 is 1.50 bits per heavy atom. The van der Waals surface area contributed by atoms with Crippen LogP contribution in [0.5, 0.6) is 0 Å². The van der Waals surface area contributed by atoms with Gasteiger partial charge in [-0.3, -0.25) is 9.59 Å². The molecule has 2 saturated carbocycles. The van der Waals surface area contributed by atoms with Crippen LogP contribution in [0.25, 0.3) is 0 Å². The van der Waals surface area contributed by atoms with Gasteiger partial charge in [-0.15, -0.1) is 0 Å². The highest BCUT2D eigenvalue weighted by molar-refractivity contribution is 6.03. The van der Waals surface area contributed by atoms with E-state index in [4.69, 9.17) is 4.74 Å². The first kappa shape index (κ1) is 12.3. The van der Waals surface area contributed by atoms with E-state index in [0.29, 0.717) is 19.3 Å². The average molecular weight is 252 g/mol. The maximum atomic E-state index is 12.1. The second-order valence-electron chi connectivity index (χ2n) is 6.42. The van der Waals surface area contributed by atoms with Crippen LogP contribution in [-0.4, -0.2) is 34.5 Å². The van der Waals surface area contributed by atoms with Gasteiger partial charge in [0, 0.05) is 11.8 Å². The van der Waals surface area contributed by atoms with Gasteiger partial charge in [-0.25, -0.2) is 0 Å². The molecule has 1 saturated heterocycles. The highest BCUT2D eigenvalue weighted by Crippen LogP contribution is 2.67. The number of ether oxygens (including phenoxy) is 1. The molecule has 4 heteroatoms. The van der Waals surface area contributed by atoms with Crippen molar-refractivity contribution < 1.29 is 19.4 Å². The molecular formula is C14H20O4. The Balaban J connectivity index is 2.08. The maximum Gasteiger partial charge on any atom is 0.144 e. The summed E-state index contributed by atoms with van der Waals surface area (Å²) in [7, 11) is 0. The van der Waals surface area contributed by atoms with E-state index in [9.17, 15) is 14.7 Å². The normalized spacial score (nSPS) is 54.6. The molecular weight excluding hydrogens is 232 g/mol. The van der Waals surface area contributed by atoms with Gasteiger partial charge in [0.1, 0.15) is 23.3 Å². The number of aliphatic hydroxyl groups is 1. The average Bonchev–Trinajstić information content (AvgIpc) is 2.99. The highest BCUT2D eigenvalue weighted by atomic mass is 16.6. The Labute approximate surface area is 107 Å². The number of epoxide rings is 1. The summed E-state index contributed by atoms with van der Waals surface area (Å²) < 4.78 is 5.83. The van der Waals surface area contributed by atoms with Crippen LogP contribution in [0.15, 0.2) is 0 Å². The summed E-state index contributed by atoms with van der Waals surface area (Å²) in [5.41, 5.74) is -0.883. The van der Waals surface area contributed by atoms with Gasteiger partial charge in [-0.1, -0.05) is 13.8 Å². The van der Waals surface area contributed by atoms with Crippen molar-refractivity contribution in [3.05, 3.63) is 0 Å². The SMILES string of the molecule is CC(=O)[C@@H]1C(=O)CC[C@]23O[C@H]2[C@H](O)C[C@H](C)[C@@]13C. The Hall–Kier alpha value is -0.740. The molecule has 18 heavy (non-hydrogen) atoms. The predicted octanol–water partition coefficient (Wildman–Crippen LogP) is 1.10. The number of aliphatic hydroxyl groups excluding tert-OH is 1. The van der Waals surface area contributed by atoms with Gasteiger partial charge in [0.05, 0.1) is 12.0 Å². The van der Waals surface area contributed by atoms with E-state index >= 15 is 0 Å². The minimum absolute atomic E-state index is 0.0492. The van der Waals surface area contributed by atoms with Crippen LogP contribution < -0.4 is 0 Å². The zero-order valence-electron chi connectivity index (χ0n) is 11.1. The van der Waals surface area contributed by atoms with Crippen molar-refractivity contribution >= 4 is 11.6 Å². The largest absolute Gasteiger partial charge is 0.390 e. The van der Waals surface area contributed by atoms with Gasteiger partial charge in [0.15, 0.2) is 0 Å². The minimum Gasteiger partial charge on any atom is -0.390 e. The number of carbonyl (C=O) groups is 2. The minimum atomic E-state index is -0.557. The van der Waals surface area contributed by atoms with Crippen LogP contribution >= 0.6 is 0 Å². The fraction of sp³-hybridized carbons (Fsp3) is 0.857. The Kier molecular flexibility index (Phi) is 2.34. The van der Waals surface area contributed by atoms with E-state index in [1.54, 1.807) is 0 Å². The van der Waals surface area contributed by atoms with E-state index in [-0.39, 0.29) is 23.6 Å². The van der Waals surface area contributed by atoms with Crippen molar-refractivity contribution in [3.8, 4) is 0 Å². The molecule has 0 bridgehead atoms. The summed E-state index contributed by atoms with van der Waals surface area (Å²) in [6, 6.07) is 0. The standard InChI is InChI=1S/C14H20O4/c1-7-6-10(17)12-14(18-12)5-4-9(16)11(8(2)15)13(7,14)3/h7,10-12,17H,4-6H2,1-3H3/t7-,10+,11+,12-,13-,14-/m0/s1. The first-order valence-electron chi connectivity index (χ1n) is 6.73. The molecule has 6 atom stereocenters. The third kappa shape index (κ3) is 1.18. The van der Waals surface area contributed by atoms with Crippen LogP contribution in [0.1, 0.15) is 40.0 Å². The topological polar surface area (TPSA) is 66.9 Å². The first-order chi connectivity index (χ1) is 8.34. The number of hydrogen-bond donors (Lipinski definition) is 1. The molecule has 0 aromatic heterocycles. The second kappa shape index (κ2) is 3.42. The highest BCUT2D eigenvalue weighted by Gasteiger charge is 2.77. The van der Waals surface area contributed by atoms with Gasteiger partial charge < -0.3 is 9.84 Å². The summed E-state index contributed by atoms with van der Waals surface area (Å²) in [5.74, 6) is -0.449. The third-order valence-electron chi connectivity index (χ3n) is 5.69. The lowest BCUT2D eigenvalue weighted by molar-refractivity contribution is -0.151. The Bertz CT molecular complexity index is 432. The number of Topliss-reactive ketones (excluding diaryl/α,β-unsaturated/α-hetero) is 2. The molecule has 2 aliphatic carbocycles. The van der Waals surface area contributed by atoms with E-state index in [0.717, 1.165) is 0 Å². The van der Waals surface area contributed by atoms with E-state index in [1.165, 1.54) is 6.92 Å². The summed E-state index contributed by atoms with van der Waals surface area (Å²) >= 11 is 0. The molecule has 0 aromatic rings. The predicted molar refractivity (Wildman–Crippen MR) is 63.9 cm³/mol. The molecule has 0 unspecified atom stereocenters. The lowest BCUT2D eigenvalue weighted by Crippen LogP contribution is -2.60. The van der Waals surface area contributed by atoms with E-state index in [1.807, 2.05) is 13.8 Å². The summed E-state index contributed by atoms with van der Waals surface area (Å²) in [5, 5.41) is 10.0. The zero-order valence-corrected chi connectivity index (χ0v) is 11.1. The molecule has 4 nitrogen and oxygen atoms in total. The molecule has 3 fully saturated rings. The van der Waals surface area contributed by atoms with Crippen molar-refractivity contribution in [1.29, 1.82) is 0 Å². The second-order valence-corrected chi connectivity index (χ2v) is 6.42. The van der Waals surface area contributed by atoms with Crippen molar-refractivity contribution in [2.45, 2.75) is 57.8 Å². The molecule has 0 amide bonds. The van der Waals surface area contributed by atoms with Crippen molar-refractivity contribution in [2.24, 2.45) is 17.3 Å². The molecule has 3 aliphatic rings. The molecule has 0 radical (unpaired) electrons. The molecule has 1 aliphatic heterocycles. The third-order valence-corrected chi connectivity index (χ3v) is 5.69. The van der Waals surface area contributed by atoms with E-state index in [2.05, 4.69) is 0 Å². The van der Waals surface area contributed by atoms with Crippen molar-refractivity contribution in [3.63, 3.8) is 0 Å². The van der Waals surface area contributed by atoms with Gasteiger partial charge in [-0.05, 0) is 25.7 Å². The maximum absolute atomic E-state index is 12.1. The summed E-state index contributed by atoms with van der Waals surface area (Å²) in [4.78, 5) is 24.1. The lowest BCUT2D eigenvalue weighted by Gasteiger charge is -2.51. The molecule has 1 N–H and O–H groups in total. The number of ketones is 2. The van der Waals surface area contributed by atoms with Crippen LogP contribution in [0.3, 0.4) is 0 Å². The molecule has 100 valence electrons. The fourth-order valence-electron chi connectivity index (χ4n) is 4.60. The van der Waals surface area contributed by atoms with Crippen LogP contribution in [0, 0.1) is 17.3 Å². The van der Waals surface area contributed by atoms with Gasteiger partial charge in [-0.2, -0.15) is 0 Å². The van der Waals surface area contributed by atoms with Crippen LogP contribution in [-0.2, 0) is 14.3 Å². The molecule has 0 aromatic carbocycles. The number of rotatable bonds is 1. The smallest absolute Gasteiger partial charge is 0.144 e. The lowest BCUT2D eigenvalue weighted by atomic mass is 9.49. The van der Waals surface area contributed by atoms with Crippen molar-refractivity contribution in [1.82, 2.24) is 0 Å². The van der Waals surface area contributed by atoms with Crippen LogP contribution in [0.4, 0.5) is 0 Å². The van der Waals surface area contributed by atoms with Gasteiger partial charge in [0.2, 0.25) is 0 Å². The Morgan fingerprint density at radius 3 is 2.78 bits per heavy atom. The monoisotopic (exact) mass is 252 g/mol.